The van der Waals surface area contributed by atoms with E-state index in [0.29, 0.717) is 43.8 Å². The second kappa shape index (κ2) is 7.97. The lowest BCUT2D eigenvalue weighted by molar-refractivity contribution is -0.145. The number of carbonyl (C=O) groups is 3. The molecule has 1 saturated heterocycles. The van der Waals surface area contributed by atoms with Gasteiger partial charge in [0.1, 0.15) is 11.8 Å². The van der Waals surface area contributed by atoms with Crippen LogP contribution in [0.3, 0.4) is 0 Å². The Bertz CT molecular complexity index is 1080. The van der Waals surface area contributed by atoms with Gasteiger partial charge in [-0.15, -0.1) is 0 Å². The van der Waals surface area contributed by atoms with Crippen molar-refractivity contribution in [1.82, 2.24) is 15.1 Å². The standard InChI is InChI=1S/C25H27N3O4/c1-17(24(31)27-14-11-18-6-2-3-7-19(18)16-27)28-15-13-25(12-10-22(28)29)26-23(30)20-8-4-5-9-21(20)32-25/h2-9,17H,10-16H2,1H3,(H,26,30)/t17-,25-/m0/s1. The Morgan fingerprint density at radius 3 is 2.59 bits per heavy atom. The van der Waals surface area contributed by atoms with Gasteiger partial charge >= 0.3 is 0 Å². The summed E-state index contributed by atoms with van der Waals surface area (Å²) < 4.78 is 6.20. The number of fused-ring (bicyclic) bond motifs is 2. The van der Waals surface area contributed by atoms with E-state index in [2.05, 4.69) is 17.4 Å². The zero-order valence-corrected chi connectivity index (χ0v) is 18.2. The fraction of sp³-hybridized carbons (Fsp3) is 0.400. The van der Waals surface area contributed by atoms with Crippen LogP contribution in [0, 0.1) is 0 Å². The predicted octanol–water partition coefficient (Wildman–Crippen LogP) is 2.49. The molecule has 2 aromatic carbocycles. The zero-order valence-electron chi connectivity index (χ0n) is 18.2. The van der Waals surface area contributed by atoms with E-state index >= 15 is 0 Å². The number of rotatable bonds is 2. The molecule has 0 unspecified atom stereocenters. The van der Waals surface area contributed by atoms with Crippen molar-refractivity contribution < 1.29 is 19.1 Å². The first-order chi connectivity index (χ1) is 15.5. The highest BCUT2D eigenvalue weighted by Gasteiger charge is 2.44. The molecule has 3 heterocycles. The maximum atomic E-state index is 13.3. The van der Waals surface area contributed by atoms with Crippen molar-refractivity contribution in [2.45, 2.75) is 50.9 Å². The summed E-state index contributed by atoms with van der Waals surface area (Å²) in [5.41, 5.74) is 2.02. The first kappa shape index (κ1) is 20.5. The summed E-state index contributed by atoms with van der Waals surface area (Å²) in [6.45, 7) is 3.37. The van der Waals surface area contributed by atoms with E-state index in [1.165, 1.54) is 5.56 Å². The van der Waals surface area contributed by atoms with Gasteiger partial charge in [0.2, 0.25) is 11.8 Å². The molecule has 0 bridgehead atoms. The quantitative estimate of drug-likeness (QED) is 0.789. The van der Waals surface area contributed by atoms with Crippen molar-refractivity contribution in [3.8, 4) is 5.75 Å². The second-order valence-electron chi connectivity index (χ2n) is 8.84. The molecule has 0 aliphatic carbocycles. The molecule has 1 fully saturated rings. The Morgan fingerprint density at radius 1 is 1.00 bits per heavy atom. The van der Waals surface area contributed by atoms with Crippen LogP contribution in [0.2, 0.25) is 0 Å². The fourth-order valence-electron chi connectivity index (χ4n) is 4.97. The topological polar surface area (TPSA) is 79.0 Å². The lowest BCUT2D eigenvalue weighted by atomic mass is 9.99. The SMILES string of the molecule is C[C@@H](C(=O)N1CCc2ccccc2C1)N1CC[C@@]2(CCC1=O)NC(=O)c1ccccc1O2. The van der Waals surface area contributed by atoms with Crippen molar-refractivity contribution in [3.05, 3.63) is 65.2 Å². The third-order valence-corrected chi connectivity index (χ3v) is 6.87. The molecule has 0 aromatic heterocycles. The van der Waals surface area contributed by atoms with Crippen molar-refractivity contribution >= 4 is 17.7 Å². The van der Waals surface area contributed by atoms with Crippen molar-refractivity contribution in [3.63, 3.8) is 0 Å². The lowest BCUT2D eigenvalue weighted by Crippen LogP contribution is -2.56. The molecule has 2 atom stereocenters. The van der Waals surface area contributed by atoms with E-state index in [9.17, 15) is 14.4 Å². The number of nitrogens with one attached hydrogen (secondary N) is 1. The number of likely N-dealkylation sites (tertiary alicyclic amines) is 1. The van der Waals surface area contributed by atoms with E-state index in [-0.39, 0.29) is 24.1 Å². The molecule has 1 spiro atoms. The van der Waals surface area contributed by atoms with Crippen molar-refractivity contribution in [2.75, 3.05) is 13.1 Å². The third kappa shape index (κ3) is 3.61. The molecule has 0 saturated carbocycles. The van der Waals surface area contributed by atoms with E-state index < -0.39 is 11.8 Å². The highest BCUT2D eigenvalue weighted by molar-refractivity contribution is 5.98. The molecule has 166 valence electrons. The average Bonchev–Trinajstić information content (AvgIpc) is 2.96. The van der Waals surface area contributed by atoms with Crippen molar-refractivity contribution in [2.24, 2.45) is 0 Å². The van der Waals surface area contributed by atoms with Gasteiger partial charge in [0.15, 0.2) is 5.72 Å². The Labute approximate surface area is 187 Å². The lowest BCUT2D eigenvalue weighted by Gasteiger charge is -2.39. The number of carbonyl (C=O) groups excluding carboxylic acids is 3. The highest BCUT2D eigenvalue weighted by atomic mass is 16.5. The molecule has 3 amide bonds. The summed E-state index contributed by atoms with van der Waals surface area (Å²) in [7, 11) is 0. The monoisotopic (exact) mass is 433 g/mol. The molecule has 5 rings (SSSR count). The summed E-state index contributed by atoms with van der Waals surface area (Å²) in [5, 5.41) is 2.98. The predicted molar refractivity (Wildman–Crippen MR) is 118 cm³/mol. The van der Waals surface area contributed by atoms with E-state index in [1.807, 2.05) is 23.1 Å². The van der Waals surface area contributed by atoms with Gasteiger partial charge in [0, 0.05) is 38.9 Å². The number of para-hydroxylation sites is 1. The van der Waals surface area contributed by atoms with Gasteiger partial charge in [-0.1, -0.05) is 36.4 Å². The van der Waals surface area contributed by atoms with Crippen LogP contribution in [-0.2, 0) is 22.6 Å². The van der Waals surface area contributed by atoms with Gasteiger partial charge in [-0.05, 0) is 36.6 Å². The number of hydrogen-bond acceptors (Lipinski definition) is 4. The number of hydrogen-bond donors (Lipinski definition) is 1. The largest absolute Gasteiger partial charge is 0.467 e. The van der Waals surface area contributed by atoms with Gasteiger partial charge in [-0.2, -0.15) is 0 Å². The first-order valence-corrected chi connectivity index (χ1v) is 11.2. The van der Waals surface area contributed by atoms with E-state index in [0.717, 1.165) is 12.0 Å². The van der Waals surface area contributed by atoms with Crippen LogP contribution in [0.15, 0.2) is 48.5 Å². The minimum Gasteiger partial charge on any atom is -0.467 e. The van der Waals surface area contributed by atoms with E-state index in [1.54, 1.807) is 30.0 Å². The summed E-state index contributed by atoms with van der Waals surface area (Å²) in [6.07, 6.45) is 1.84. The minimum atomic E-state index is -0.928. The first-order valence-electron chi connectivity index (χ1n) is 11.2. The van der Waals surface area contributed by atoms with Gasteiger partial charge < -0.3 is 19.9 Å². The van der Waals surface area contributed by atoms with Gasteiger partial charge in [0.05, 0.1) is 5.56 Å². The molecular formula is C25H27N3O4. The smallest absolute Gasteiger partial charge is 0.258 e. The van der Waals surface area contributed by atoms with Crippen molar-refractivity contribution in [1.29, 1.82) is 0 Å². The van der Waals surface area contributed by atoms with Crippen LogP contribution >= 0.6 is 0 Å². The maximum absolute atomic E-state index is 13.3. The Morgan fingerprint density at radius 2 is 1.75 bits per heavy atom. The summed E-state index contributed by atoms with van der Waals surface area (Å²) in [4.78, 5) is 42.4. The van der Waals surface area contributed by atoms with Crippen LogP contribution in [0.5, 0.6) is 5.75 Å². The molecule has 7 heteroatoms. The minimum absolute atomic E-state index is 0.0391. The summed E-state index contributed by atoms with van der Waals surface area (Å²) in [6, 6.07) is 14.7. The van der Waals surface area contributed by atoms with Crippen LogP contribution in [-0.4, -0.2) is 52.4 Å². The number of ether oxygens (including phenoxy) is 1. The van der Waals surface area contributed by atoms with Crippen LogP contribution in [0.25, 0.3) is 0 Å². The zero-order chi connectivity index (χ0) is 22.3. The molecule has 7 nitrogen and oxygen atoms in total. The molecule has 32 heavy (non-hydrogen) atoms. The number of nitrogens with zero attached hydrogens (tertiary/aromatic N) is 2. The molecular weight excluding hydrogens is 406 g/mol. The normalized spacial score (nSPS) is 23.5. The van der Waals surface area contributed by atoms with Gasteiger partial charge in [-0.3, -0.25) is 14.4 Å². The van der Waals surface area contributed by atoms with Gasteiger partial charge in [0.25, 0.3) is 5.91 Å². The van der Waals surface area contributed by atoms with Crippen LogP contribution < -0.4 is 10.1 Å². The molecule has 1 N–H and O–H groups in total. The molecule has 3 aliphatic rings. The average molecular weight is 434 g/mol. The molecule has 2 aromatic rings. The summed E-state index contributed by atoms with van der Waals surface area (Å²) >= 11 is 0. The Hall–Kier alpha value is -3.35. The third-order valence-electron chi connectivity index (χ3n) is 6.87. The molecule has 0 radical (unpaired) electrons. The van der Waals surface area contributed by atoms with Gasteiger partial charge in [-0.25, -0.2) is 0 Å². The second-order valence-corrected chi connectivity index (χ2v) is 8.84. The number of amides is 3. The Kier molecular flexibility index (Phi) is 5.12. The highest BCUT2D eigenvalue weighted by Crippen LogP contribution is 2.34. The fourth-order valence-corrected chi connectivity index (χ4v) is 4.97. The molecule has 3 aliphatic heterocycles. The van der Waals surface area contributed by atoms with Crippen LogP contribution in [0.4, 0.5) is 0 Å². The number of benzene rings is 2. The summed E-state index contributed by atoms with van der Waals surface area (Å²) in [5.74, 6) is 0.219. The van der Waals surface area contributed by atoms with Crippen LogP contribution in [0.1, 0.15) is 47.7 Å². The maximum Gasteiger partial charge on any atom is 0.258 e. The van der Waals surface area contributed by atoms with E-state index in [4.69, 9.17) is 4.74 Å². The Balaban J connectivity index is 1.30.